The molecule has 0 aliphatic carbocycles. The summed E-state index contributed by atoms with van der Waals surface area (Å²) in [5.74, 6) is 0.714. The van der Waals surface area contributed by atoms with Crippen molar-refractivity contribution in [1.82, 2.24) is 15.2 Å². The van der Waals surface area contributed by atoms with Gasteiger partial charge in [-0.2, -0.15) is 0 Å². The minimum Gasteiger partial charge on any atom is -0.493 e. The van der Waals surface area contributed by atoms with E-state index in [4.69, 9.17) is 4.74 Å². The van der Waals surface area contributed by atoms with Gasteiger partial charge in [0.1, 0.15) is 5.75 Å². The first-order chi connectivity index (χ1) is 13.1. The standard InChI is InChI=1S/C20H24N4O3/c1-15-14-22-19(25)9-12-24(15)20(26)23-17-5-7-18(8-6-17)27-13-10-16-4-2-3-11-21-16/h2-8,11,15H,9-10,12-14H2,1H3,(H,22,25)(H,23,26). The average molecular weight is 368 g/mol. The van der Waals surface area contributed by atoms with Crippen LogP contribution in [0.4, 0.5) is 10.5 Å². The number of aromatic nitrogens is 1. The highest BCUT2D eigenvalue weighted by atomic mass is 16.5. The van der Waals surface area contributed by atoms with Crippen molar-refractivity contribution in [2.45, 2.75) is 25.8 Å². The summed E-state index contributed by atoms with van der Waals surface area (Å²) in [6.45, 7) is 3.33. The van der Waals surface area contributed by atoms with Gasteiger partial charge in [0.25, 0.3) is 0 Å². The summed E-state index contributed by atoms with van der Waals surface area (Å²) < 4.78 is 5.72. The van der Waals surface area contributed by atoms with Crippen LogP contribution in [-0.4, -0.2) is 47.6 Å². The topological polar surface area (TPSA) is 83.6 Å². The molecule has 1 aromatic heterocycles. The summed E-state index contributed by atoms with van der Waals surface area (Å²) in [7, 11) is 0. The minimum absolute atomic E-state index is 0.0237. The van der Waals surface area contributed by atoms with E-state index in [0.29, 0.717) is 31.8 Å². The van der Waals surface area contributed by atoms with E-state index in [2.05, 4.69) is 15.6 Å². The molecule has 0 saturated carbocycles. The molecule has 2 aromatic rings. The van der Waals surface area contributed by atoms with Crippen molar-refractivity contribution >= 4 is 17.6 Å². The quantitative estimate of drug-likeness (QED) is 0.849. The Morgan fingerprint density at radius 3 is 2.85 bits per heavy atom. The van der Waals surface area contributed by atoms with Gasteiger partial charge in [-0.15, -0.1) is 0 Å². The summed E-state index contributed by atoms with van der Waals surface area (Å²) in [6.07, 6.45) is 2.82. The van der Waals surface area contributed by atoms with Crippen molar-refractivity contribution in [2.75, 3.05) is 25.0 Å². The van der Waals surface area contributed by atoms with Crippen molar-refractivity contribution in [3.05, 3.63) is 54.4 Å². The highest BCUT2D eigenvalue weighted by Gasteiger charge is 2.24. The molecule has 1 aromatic carbocycles. The molecule has 3 amide bonds. The molecular formula is C20H24N4O3. The van der Waals surface area contributed by atoms with Gasteiger partial charge in [-0.1, -0.05) is 6.07 Å². The van der Waals surface area contributed by atoms with Crippen LogP contribution in [0.5, 0.6) is 5.75 Å². The van der Waals surface area contributed by atoms with Crippen LogP contribution in [0.2, 0.25) is 0 Å². The fourth-order valence-electron chi connectivity index (χ4n) is 2.85. The first-order valence-electron chi connectivity index (χ1n) is 9.09. The number of benzene rings is 1. The van der Waals surface area contributed by atoms with Crippen molar-refractivity contribution in [2.24, 2.45) is 0 Å². The molecule has 1 atom stereocenters. The molecule has 1 aliphatic heterocycles. The summed E-state index contributed by atoms with van der Waals surface area (Å²) in [6, 6.07) is 12.8. The number of nitrogens with one attached hydrogen (secondary N) is 2. The Labute approximate surface area is 158 Å². The van der Waals surface area contributed by atoms with Gasteiger partial charge >= 0.3 is 6.03 Å². The number of amides is 3. The summed E-state index contributed by atoms with van der Waals surface area (Å²) in [4.78, 5) is 29.9. The van der Waals surface area contributed by atoms with Gasteiger partial charge in [0.2, 0.25) is 5.91 Å². The predicted octanol–water partition coefficient (Wildman–Crippen LogP) is 2.45. The van der Waals surface area contributed by atoms with Gasteiger partial charge in [-0.05, 0) is 43.3 Å². The average Bonchev–Trinajstić information content (AvgIpc) is 2.85. The van der Waals surface area contributed by atoms with Crippen molar-refractivity contribution in [1.29, 1.82) is 0 Å². The van der Waals surface area contributed by atoms with E-state index in [1.54, 1.807) is 23.2 Å². The lowest BCUT2D eigenvalue weighted by atomic mass is 10.2. The summed E-state index contributed by atoms with van der Waals surface area (Å²) in [5.41, 5.74) is 1.67. The van der Waals surface area contributed by atoms with Crippen LogP contribution in [0.25, 0.3) is 0 Å². The minimum atomic E-state index is -0.206. The zero-order chi connectivity index (χ0) is 19.1. The third-order valence-corrected chi connectivity index (χ3v) is 4.43. The van der Waals surface area contributed by atoms with Crippen LogP contribution < -0.4 is 15.4 Å². The predicted molar refractivity (Wildman–Crippen MR) is 103 cm³/mol. The number of hydrogen-bond acceptors (Lipinski definition) is 4. The lowest BCUT2D eigenvalue weighted by molar-refractivity contribution is -0.120. The Bertz CT molecular complexity index is 765. The van der Waals surface area contributed by atoms with E-state index < -0.39 is 0 Å². The Hall–Kier alpha value is -3.09. The maximum Gasteiger partial charge on any atom is 0.322 e. The molecule has 0 spiro atoms. The monoisotopic (exact) mass is 368 g/mol. The molecule has 1 aliphatic rings. The third-order valence-electron chi connectivity index (χ3n) is 4.43. The first kappa shape index (κ1) is 18.7. The van der Waals surface area contributed by atoms with E-state index in [1.807, 2.05) is 37.3 Å². The van der Waals surface area contributed by atoms with E-state index in [-0.39, 0.29) is 18.0 Å². The molecule has 2 N–H and O–H groups in total. The highest BCUT2D eigenvalue weighted by molar-refractivity contribution is 5.90. The SMILES string of the molecule is CC1CNC(=O)CCN1C(=O)Nc1ccc(OCCc2ccccn2)cc1. The second-order valence-corrected chi connectivity index (χ2v) is 6.47. The molecule has 7 heteroatoms. The zero-order valence-electron chi connectivity index (χ0n) is 15.4. The van der Waals surface area contributed by atoms with Crippen LogP contribution in [0.3, 0.4) is 0 Å². The lowest BCUT2D eigenvalue weighted by Crippen LogP contribution is -2.44. The first-order valence-corrected chi connectivity index (χ1v) is 9.09. The second kappa shape index (κ2) is 9.02. The van der Waals surface area contributed by atoms with Crippen LogP contribution in [0.1, 0.15) is 19.0 Å². The number of anilines is 1. The van der Waals surface area contributed by atoms with Crippen molar-refractivity contribution in [3.63, 3.8) is 0 Å². The molecule has 142 valence electrons. The van der Waals surface area contributed by atoms with Crippen LogP contribution >= 0.6 is 0 Å². The lowest BCUT2D eigenvalue weighted by Gasteiger charge is -2.26. The number of urea groups is 1. The zero-order valence-corrected chi connectivity index (χ0v) is 15.4. The van der Waals surface area contributed by atoms with Gasteiger partial charge in [0.15, 0.2) is 0 Å². The Balaban J connectivity index is 1.49. The molecule has 0 radical (unpaired) electrons. The molecule has 0 bridgehead atoms. The van der Waals surface area contributed by atoms with Gasteiger partial charge < -0.3 is 20.3 Å². The normalized spacial score (nSPS) is 17.0. The molecule has 3 rings (SSSR count). The molecule has 7 nitrogen and oxygen atoms in total. The molecule has 1 saturated heterocycles. The number of carbonyl (C=O) groups is 2. The van der Waals surface area contributed by atoms with E-state index in [1.165, 1.54) is 0 Å². The fraction of sp³-hybridized carbons (Fsp3) is 0.350. The van der Waals surface area contributed by atoms with Gasteiger partial charge in [0.05, 0.1) is 6.61 Å². The van der Waals surface area contributed by atoms with E-state index >= 15 is 0 Å². The number of carbonyl (C=O) groups excluding carboxylic acids is 2. The van der Waals surface area contributed by atoms with Crippen LogP contribution in [0, 0.1) is 0 Å². The van der Waals surface area contributed by atoms with Gasteiger partial charge in [-0.25, -0.2) is 4.79 Å². The smallest absolute Gasteiger partial charge is 0.322 e. The van der Waals surface area contributed by atoms with Crippen molar-refractivity contribution < 1.29 is 14.3 Å². The number of hydrogen-bond donors (Lipinski definition) is 2. The Morgan fingerprint density at radius 1 is 1.30 bits per heavy atom. The maximum absolute atomic E-state index is 12.5. The molecule has 2 heterocycles. The summed E-state index contributed by atoms with van der Waals surface area (Å²) >= 11 is 0. The molecule has 1 fully saturated rings. The Morgan fingerprint density at radius 2 is 2.11 bits per heavy atom. The third kappa shape index (κ3) is 5.44. The number of pyridine rings is 1. The van der Waals surface area contributed by atoms with E-state index in [9.17, 15) is 9.59 Å². The molecular weight excluding hydrogens is 344 g/mol. The highest BCUT2D eigenvalue weighted by Crippen LogP contribution is 2.17. The van der Waals surface area contributed by atoms with E-state index in [0.717, 1.165) is 17.9 Å². The van der Waals surface area contributed by atoms with Crippen LogP contribution in [-0.2, 0) is 11.2 Å². The fourth-order valence-corrected chi connectivity index (χ4v) is 2.85. The van der Waals surface area contributed by atoms with Gasteiger partial charge in [-0.3, -0.25) is 9.78 Å². The largest absolute Gasteiger partial charge is 0.493 e. The van der Waals surface area contributed by atoms with Gasteiger partial charge in [0, 0.05) is 49.6 Å². The Kier molecular flexibility index (Phi) is 6.25. The summed E-state index contributed by atoms with van der Waals surface area (Å²) in [5, 5.41) is 5.68. The second-order valence-electron chi connectivity index (χ2n) is 6.47. The number of ether oxygens (including phenoxy) is 1. The molecule has 27 heavy (non-hydrogen) atoms. The van der Waals surface area contributed by atoms with Crippen molar-refractivity contribution in [3.8, 4) is 5.75 Å². The maximum atomic E-state index is 12.5. The molecule has 1 unspecified atom stereocenters. The van der Waals surface area contributed by atoms with Crippen LogP contribution in [0.15, 0.2) is 48.7 Å². The number of nitrogens with zero attached hydrogens (tertiary/aromatic N) is 2. The number of rotatable bonds is 5.